The number of alkyl halides is 3. The van der Waals surface area contributed by atoms with Crippen molar-refractivity contribution in [2.45, 2.75) is 31.5 Å². The van der Waals surface area contributed by atoms with Crippen LogP contribution >= 0.6 is 11.6 Å². The summed E-state index contributed by atoms with van der Waals surface area (Å²) in [7, 11) is -5.92. The van der Waals surface area contributed by atoms with E-state index in [0.717, 1.165) is 23.3 Å². The largest absolute Gasteiger partial charge is 0.534 e. The maximum atomic E-state index is 14.8. The highest BCUT2D eigenvalue weighted by atomic mass is 35.5. The number of aliphatic hydroxyl groups is 1. The lowest BCUT2D eigenvalue weighted by Crippen LogP contribution is -2.35. The third kappa shape index (κ3) is 5.58. The summed E-state index contributed by atoms with van der Waals surface area (Å²) in [5.74, 6) is -1.58. The first-order chi connectivity index (χ1) is 14.9. The fourth-order valence-corrected chi connectivity index (χ4v) is 3.97. The molecule has 0 radical (unpaired) electrons. The van der Waals surface area contributed by atoms with Crippen molar-refractivity contribution in [3.8, 4) is 5.75 Å². The summed E-state index contributed by atoms with van der Waals surface area (Å²) >= 11 is 5.95. The molecule has 1 aromatic carbocycles. The van der Waals surface area contributed by atoms with E-state index < -0.39 is 38.3 Å². The Morgan fingerprint density at radius 2 is 2.09 bits per heavy atom. The van der Waals surface area contributed by atoms with E-state index >= 15 is 0 Å². The van der Waals surface area contributed by atoms with Crippen LogP contribution in [0, 0.1) is 0 Å². The fourth-order valence-electron chi connectivity index (χ4n) is 3.24. The molecule has 1 aliphatic heterocycles. The summed E-state index contributed by atoms with van der Waals surface area (Å²) in [6.07, 6.45) is 2.63. The average Bonchev–Trinajstić information content (AvgIpc) is 2.69. The van der Waals surface area contributed by atoms with Crippen molar-refractivity contribution >= 4 is 33.6 Å². The lowest BCUT2D eigenvalue weighted by atomic mass is 10.0. The molecule has 0 saturated carbocycles. The summed E-state index contributed by atoms with van der Waals surface area (Å²) < 4.78 is 79.0. The molecule has 0 aliphatic carbocycles. The number of pyridine rings is 1. The summed E-state index contributed by atoms with van der Waals surface area (Å²) in [5.41, 5.74) is -3.93. The maximum Gasteiger partial charge on any atom is 0.534 e. The van der Waals surface area contributed by atoms with E-state index in [1.165, 1.54) is 18.3 Å². The van der Waals surface area contributed by atoms with E-state index in [2.05, 4.69) is 14.1 Å². The van der Waals surface area contributed by atoms with Crippen LogP contribution in [0.4, 0.5) is 17.6 Å². The van der Waals surface area contributed by atoms with Gasteiger partial charge in [0.15, 0.2) is 5.75 Å². The van der Waals surface area contributed by atoms with Crippen LogP contribution < -0.4 is 4.18 Å². The smallest absolute Gasteiger partial charge is 0.392 e. The summed E-state index contributed by atoms with van der Waals surface area (Å²) in [6.45, 7) is 3.46. The number of hydrogen-bond acceptors (Lipinski definition) is 6. The zero-order valence-electron chi connectivity index (χ0n) is 16.7. The highest BCUT2D eigenvalue weighted by Crippen LogP contribution is 2.35. The minimum atomic E-state index is -5.92. The predicted molar refractivity (Wildman–Crippen MR) is 111 cm³/mol. The first-order valence-electron chi connectivity index (χ1n) is 9.42. The van der Waals surface area contributed by atoms with E-state index in [1.54, 1.807) is 13.0 Å². The quantitative estimate of drug-likeness (QED) is 0.369. The predicted octanol–water partition coefficient (Wildman–Crippen LogP) is 4.17. The minimum Gasteiger partial charge on any atom is -0.392 e. The van der Waals surface area contributed by atoms with Crippen molar-refractivity contribution in [3.63, 3.8) is 0 Å². The van der Waals surface area contributed by atoms with Crippen molar-refractivity contribution in [1.29, 1.82) is 0 Å². The lowest BCUT2D eigenvalue weighted by Gasteiger charge is -2.29. The third-order valence-corrected chi connectivity index (χ3v) is 6.07. The Morgan fingerprint density at radius 1 is 1.38 bits per heavy atom. The van der Waals surface area contributed by atoms with E-state index in [0.29, 0.717) is 26.1 Å². The van der Waals surface area contributed by atoms with Crippen molar-refractivity contribution in [3.05, 3.63) is 57.9 Å². The Bertz CT molecular complexity index is 1140. The summed E-state index contributed by atoms with van der Waals surface area (Å²) in [5, 5.41) is 9.03. The molecule has 32 heavy (non-hydrogen) atoms. The van der Waals surface area contributed by atoms with E-state index in [4.69, 9.17) is 11.6 Å². The van der Waals surface area contributed by atoms with Gasteiger partial charge in [-0.2, -0.15) is 21.6 Å². The van der Waals surface area contributed by atoms with Crippen LogP contribution in [0.2, 0.25) is 5.02 Å². The molecule has 0 amide bonds. The Labute approximate surface area is 187 Å². The van der Waals surface area contributed by atoms with E-state index in [1.807, 2.05) is 0 Å². The van der Waals surface area contributed by atoms with Crippen molar-refractivity contribution in [2.75, 3.05) is 13.1 Å². The van der Waals surface area contributed by atoms with Crippen molar-refractivity contribution < 1.29 is 35.3 Å². The molecule has 0 saturated heterocycles. The van der Waals surface area contributed by atoms with Crippen LogP contribution in [0.15, 0.2) is 30.5 Å². The number of halogens is 5. The number of benzene rings is 1. The van der Waals surface area contributed by atoms with Crippen LogP contribution in [-0.4, -0.2) is 48.1 Å². The second-order valence-corrected chi connectivity index (χ2v) is 9.22. The monoisotopic (exact) mass is 494 g/mol. The van der Waals surface area contributed by atoms with Crippen LogP contribution in [0.5, 0.6) is 5.75 Å². The molecule has 12 heteroatoms. The van der Waals surface area contributed by atoms with Crippen molar-refractivity contribution in [1.82, 2.24) is 9.88 Å². The van der Waals surface area contributed by atoms with Gasteiger partial charge in [0.1, 0.15) is 5.83 Å². The van der Waals surface area contributed by atoms with Gasteiger partial charge in [0.25, 0.3) is 0 Å². The highest BCUT2D eigenvalue weighted by molar-refractivity contribution is 7.88. The van der Waals surface area contributed by atoms with Gasteiger partial charge in [0, 0.05) is 25.8 Å². The molecule has 0 bridgehead atoms. The number of hydrogen-bond donors (Lipinski definition) is 1. The van der Waals surface area contributed by atoms with Gasteiger partial charge in [-0.1, -0.05) is 23.7 Å². The first kappa shape index (κ1) is 24.4. The zero-order valence-corrected chi connectivity index (χ0v) is 18.3. The molecule has 0 fully saturated rings. The molecule has 1 aliphatic rings. The Hall–Kier alpha value is -2.21. The standard InChI is InChI=1S/C20H19ClF4N2O4S/c1-12(28)10-27-6-5-13-8-17(26-9-15(13)11-27)16(22)7-14-3-2-4-18(19(14)21)31-32(29,30)20(23,24)25/h2-4,7-9,12,28H,5-6,10-11H2,1H3/b16-7-/t12-/m1/s1. The second-order valence-electron chi connectivity index (χ2n) is 7.31. The van der Waals surface area contributed by atoms with Crippen molar-refractivity contribution in [2.24, 2.45) is 0 Å². The first-order valence-corrected chi connectivity index (χ1v) is 11.2. The fraction of sp³-hybridized carbons (Fsp3) is 0.350. The molecular formula is C20H19ClF4N2O4S. The molecule has 2 aromatic rings. The van der Waals surface area contributed by atoms with Gasteiger partial charge in [-0.15, -0.1) is 0 Å². The van der Waals surface area contributed by atoms with Crippen LogP contribution in [0.3, 0.4) is 0 Å². The highest BCUT2D eigenvalue weighted by Gasteiger charge is 2.48. The topological polar surface area (TPSA) is 79.7 Å². The molecular weight excluding hydrogens is 476 g/mol. The number of β-amino-alcohol motifs (C(OH)–C–C–N with tert-alkyl or cyclic N) is 1. The van der Waals surface area contributed by atoms with Crippen LogP contribution in [0.25, 0.3) is 11.9 Å². The number of rotatable bonds is 6. The van der Waals surface area contributed by atoms with Gasteiger partial charge in [-0.3, -0.25) is 9.88 Å². The molecule has 1 N–H and O–H groups in total. The van der Waals surface area contributed by atoms with Gasteiger partial charge < -0.3 is 9.29 Å². The molecule has 0 spiro atoms. The van der Waals surface area contributed by atoms with Gasteiger partial charge in [0.2, 0.25) is 0 Å². The van der Waals surface area contributed by atoms with E-state index in [9.17, 15) is 31.1 Å². The molecule has 6 nitrogen and oxygen atoms in total. The maximum absolute atomic E-state index is 14.8. The normalized spacial score (nSPS) is 16.5. The number of aromatic nitrogens is 1. The Kier molecular flexibility index (Phi) is 7.13. The zero-order chi connectivity index (χ0) is 23.7. The van der Waals surface area contributed by atoms with Gasteiger partial charge >= 0.3 is 15.6 Å². The number of fused-ring (bicyclic) bond motifs is 1. The number of nitrogens with zero attached hydrogens (tertiary/aromatic N) is 2. The summed E-state index contributed by atoms with van der Waals surface area (Å²) in [4.78, 5) is 6.15. The molecule has 2 heterocycles. The van der Waals surface area contributed by atoms with Gasteiger partial charge in [0.05, 0.1) is 16.8 Å². The molecule has 174 valence electrons. The molecule has 1 atom stereocenters. The summed E-state index contributed by atoms with van der Waals surface area (Å²) in [6, 6.07) is 4.98. The van der Waals surface area contributed by atoms with Gasteiger partial charge in [-0.25, -0.2) is 4.39 Å². The molecule has 0 unspecified atom stereocenters. The Morgan fingerprint density at radius 3 is 2.75 bits per heavy atom. The Balaban J connectivity index is 1.84. The third-order valence-electron chi connectivity index (χ3n) is 4.70. The minimum absolute atomic E-state index is 0.00183. The SMILES string of the molecule is C[C@@H](O)CN1CCc2cc(/C(F)=C/c3cccc(OS(=O)(=O)C(F)(F)F)c3Cl)ncc2C1. The van der Waals surface area contributed by atoms with Crippen LogP contribution in [-0.2, 0) is 23.1 Å². The lowest BCUT2D eigenvalue weighted by molar-refractivity contribution is -0.0500. The number of aliphatic hydroxyl groups excluding tert-OH is 1. The average molecular weight is 495 g/mol. The van der Waals surface area contributed by atoms with E-state index in [-0.39, 0.29) is 11.3 Å². The van der Waals surface area contributed by atoms with Gasteiger partial charge in [-0.05, 0) is 48.2 Å². The second kappa shape index (κ2) is 9.34. The molecule has 1 aromatic heterocycles. The molecule has 3 rings (SSSR count). The van der Waals surface area contributed by atoms with Crippen LogP contribution in [0.1, 0.15) is 29.3 Å².